The molecule has 2 aromatic rings. The first kappa shape index (κ1) is 9.60. The van der Waals surface area contributed by atoms with Gasteiger partial charge in [-0.05, 0) is 11.4 Å². The van der Waals surface area contributed by atoms with E-state index in [9.17, 15) is 4.79 Å². The molecule has 0 aliphatic carbocycles. The number of nitrogens with two attached hydrogens (primary N) is 1. The maximum absolute atomic E-state index is 11.7. The van der Waals surface area contributed by atoms with Crippen molar-refractivity contribution in [1.29, 1.82) is 0 Å². The first-order valence-corrected chi connectivity index (χ1v) is 5.04. The van der Waals surface area contributed by atoms with Gasteiger partial charge in [0, 0.05) is 0 Å². The van der Waals surface area contributed by atoms with Crippen molar-refractivity contribution in [2.24, 2.45) is 0 Å². The molecule has 0 aromatic carbocycles. The number of anilines is 2. The van der Waals surface area contributed by atoms with Crippen LogP contribution in [0.15, 0.2) is 30.2 Å². The van der Waals surface area contributed by atoms with Crippen LogP contribution in [0.4, 0.5) is 11.4 Å². The normalized spacial score (nSPS) is 9.87. The van der Waals surface area contributed by atoms with Crippen LogP contribution in [-0.4, -0.2) is 15.9 Å². The summed E-state index contributed by atoms with van der Waals surface area (Å²) in [5, 5.41) is 4.42. The summed E-state index contributed by atoms with van der Waals surface area (Å²) < 4.78 is 0. The molecule has 0 unspecified atom stereocenters. The van der Waals surface area contributed by atoms with Gasteiger partial charge < -0.3 is 11.1 Å². The smallest absolute Gasteiger partial charge is 0.267 e. The predicted molar refractivity (Wildman–Crippen MR) is 58.7 cm³/mol. The Labute approximate surface area is 90.0 Å². The van der Waals surface area contributed by atoms with Crippen LogP contribution in [0.5, 0.6) is 0 Å². The van der Waals surface area contributed by atoms with Gasteiger partial charge in [0.15, 0.2) is 0 Å². The third-order valence-corrected chi connectivity index (χ3v) is 2.65. The van der Waals surface area contributed by atoms with Gasteiger partial charge in [-0.3, -0.25) is 4.79 Å². The van der Waals surface area contributed by atoms with E-state index in [0.717, 1.165) is 0 Å². The third-order valence-electron chi connectivity index (χ3n) is 1.72. The molecule has 2 rings (SSSR count). The Morgan fingerprint density at radius 1 is 1.40 bits per heavy atom. The summed E-state index contributed by atoms with van der Waals surface area (Å²) >= 11 is 1.30. The summed E-state index contributed by atoms with van der Waals surface area (Å²) in [7, 11) is 0. The number of nitrogen functional groups attached to an aromatic ring is 1. The molecular formula is C9H8N4OS. The van der Waals surface area contributed by atoms with Gasteiger partial charge in [-0.2, -0.15) is 0 Å². The Bertz CT molecular complexity index is 468. The zero-order valence-electron chi connectivity index (χ0n) is 7.68. The molecule has 1 amide bonds. The first-order valence-electron chi connectivity index (χ1n) is 4.16. The van der Waals surface area contributed by atoms with Gasteiger partial charge in [0.1, 0.15) is 11.2 Å². The summed E-state index contributed by atoms with van der Waals surface area (Å²) in [5.74, 6) is -0.239. The number of amides is 1. The van der Waals surface area contributed by atoms with E-state index in [1.807, 2.05) is 0 Å². The van der Waals surface area contributed by atoms with Crippen molar-refractivity contribution in [3.05, 3.63) is 35.0 Å². The summed E-state index contributed by atoms with van der Waals surface area (Å²) in [4.78, 5) is 19.7. The summed E-state index contributed by atoms with van der Waals surface area (Å²) in [5.41, 5.74) is 6.65. The van der Waals surface area contributed by atoms with E-state index in [2.05, 4.69) is 15.3 Å². The van der Waals surface area contributed by atoms with E-state index in [0.29, 0.717) is 16.3 Å². The number of hydrogen-bond acceptors (Lipinski definition) is 5. The predicted octanol–water partition coefficient (Wildman–Crippen LogP) is 1.37. The minimum absolute atomic E-state index is 0.239. The van der Waals surface area contributed by atoms with E-state index in [1.165, 1.54) is 30.1 Å². The van der Waals surface area contributed by atoms with Gasteiger partial charge >= 0.3 is 0 Å². The minimum atomic E-state index is -0.239. The number of carbonyl (C=O) groups excluding carboxylic acids is 1. The van der Waals surface area contributed by atoms with Gasteiger partial charge in [0.05, 0.1) is 23.8 Å². The van der Waals surface area contributed by atoms with E-state index in [4.69, 9.17) is 5.73 Å². The number of aromatic nitrogens is 2. The van der Waals surface area contributed by atoms with E-state index in [1.54, 1.807) is 11.4 Å². The molecule has 6 heteroatoms. The molecule has 3 N–H and O–H groups in total. The Kier molecular flexibility index (Phi) is 2.59. The molecule has 0 spiro atoms. The molecule has 0 aliphatic rings. The fourth-order valence-electron chi connectivity index (χ4n) is 1.06. The first-order chi connectivity index (χ1) is 7.27. The SMILES string of the molecule is Nc1ccsc1C(=O)Nc1cncnc1. The van der Waals surface area contributed by atoms with Gasteiger partial charge in [-0.15, -0.1) is 11.3 Å². The second kappa shape index (κ2) is 4.05. The monoisotopic (exact) mass is 220 g/mol. The molecular weight excluding hydrogens is 212 g/mol. The fourth-order valence-corrected chi connectivity index (χ4v) is 1.77. The maximum atomic E-state index is 11.7. The van der Waals surface area contributed by atoms with E-state index in [-0.39, 0.29) is 5.91 Å². The molecule has 76 valence electrons. The van der Waals surface area contributed by atoms with Crippen molar-refractivity contribution in [1.82, 2.24) is 9.97 Å². The highest BCUT2D eigenvalue weighted by Gasteiger charge is 2.10. The van der Waals surface area contributed by atoms with Crippen molar-refractivity contribution in [2.75, 3.05) is 11.1 Å². The molecule has 0 aliphatic heterocycles. The molecule has 2 aromatic heterocycles. The number of hydrogen-bond donors (Lipinski definition) is 2. The van der Waals surface area contributed by atoms with Crippen LogP contribution in [0, 0.1) is 0 Å². The number of carbonyl (C=O) groups is 1. The Morgan fingerprint density at radius 3 is 2.73 bits per heavy atom. The van der Waals surface area contributed by atoms with Crippen molar-refractivity contribution in [3.63, 3.8) is 0 Å². The fraction of sp³-hybridized carbons (Fsp3) is 0. The third kappa shape index (κ3) is 2.10. The van der Waals surface area contributed by atoms with Crippen molar-refractivity contribution in [3.8, 4) is 0 Å². The quantitative estimate of drug-likeness (QED) is 0.801. The lowest BCUT2D eigenvalue weighted by Gasteiger charge is -2.02. The summed E-state index contributed by atoms with van der Waals surface area (Å²) in [6.07, 6.45) is 4.44. The number of thiophene rings is 1. The van der Waals surface area contributed by atoms with E-state index >= 15 is 0 Å². The highest BCUT2D eigenvalue weighted by atomic mass is 32.1. The average molecular weight is 220 g/mol. The van der Waals surface area contributed by atoms with Gasteiger partial charge in [-0.1, -0.05) is 0 Å². The number of nitrogens with zero attached hydrogens (tertiary/aromatic N) is 2. The Morgan fingerprint density at radius 2 is 2.13 bits per heavy atom. The molecule has 5 nitrogen and oxygen atoms in total. The second-order valence-corrected chi connectivity index (χ2v) is 3.70. The van der Waals surface area contributed by atoms with Crippen LogP contribution < -0.4 is 11.1 Å². The molecule has 2 heterocycles. The highest BCUT2D eigenvalue weighted by Crippen LogP contribution is 2.19. The molecule has 15 heavy (non-hydrogen) atoms. The Balaban J connectivity index is 2.15. The molecule has 0 fully saturated rings. The standard InChI is InChI=1S/C9H8N4OS/c10-7-1-2-15-8(7)9(14)13-6-3-11-5-12-4-6/h1-5H,10H2,(H,13,14). The maximum Gasteiger partial charge on any atom is 0.267 e. The number of rotatable bonds is 2. The lowest BCUT2D eigenvalue weighted by Crippen LogP contribution is -2.12. The van der Waals surface area contributed by atoms with Crippen LogP contribution in [0.1, 0.15) is 9.67 Å². The largest absolute Gasteiger partial charge is 0.397 e. The molecule has 0 saturated carbocycles. The summed E-state index contributed by atoms with van der Waals surface area (Å²) in [6, 6.07) is 1.70. The van der Waals surface area contributed by atoms with Gasteiger partial charge in [-0.25, -0.2) is 9.97 Å². The van der Waals surface area contributed by atoms with Crippen LogP contribution in [-0.2, 0) is 0 Å². The van der Waals surface area contributed by atoms with Crippen LogP contribution in [0.3, 0.4) is 0 Å². The molecule has 0 radical (unpaired) electrons. The van der Waals surface area contributed by atoms with Gasteiger partial charge in [0.25, 0.3) is 5.91 Å². The second-order valence-electron chi connectivity index (χ2n) is 2.79. The molecule has 0 bridgehead atoms. The summed E-state index contributed by atoms with van der Waals surface area (Å²) in [6.45, 7) is 0. The minimum Gasteiger partial charge on any atom is -0.397 e. The topological polar surface area (TPSA) is 80.9 Å². The zero-order valence-corrected chi connectivity index (χ0v) is 8.49. The average Bonchev–Trinajstić information content (AvgIpc) is 2.66. The van der Waals surface area contributed by atoms with Crippen LogP contribution in [0.2, 0.25) is 0 Å². The van der Waals surface area contributed by atoms with E-state index < -0.39 is 0 Å². The van der Waals surface area contributed by atoms with Crippen molar-refractivity contribution < 1.29 is 4.79 Å². The molecule has 0 saturated heterocycles. The van der Waals surface area contributed by atoms with Crippen LogP contribution in [0.25, 0.3) is 0 Å². The van der Waals surface area contributed by atoms with Gasteiger partial charge in [0.2, 0.25) is 0 Å². The lowest BCUT2D eigenvalue weighted by atomic mass is 10.3. The van der Waals surface area contributed by atoms with Crippen LogP contribution >= 0.6 is 11.3 Å². The highest BCUT2D eigenvalue weighted by molar-refractivity contribution is 7.12. The Hall–Kier alpha value is -1.95. The zero-order chi connectivity index (χ0) is 10.7. The van der Waals surface area contributed by atoms with Crippen molar-refractivity contribution in [2.45, 2.75) is 0 Å². The lowest BCUT2D eigenvalue weighted by molar-refractivity contribution is 0.103. The number of nitrogens with one attached hydrogen (secondary N) is 1. The van der Waals surface area contributed by atoms with Crippen molar-refractivity contribution >= 4 is 28.6 Å². The molecule has 0 atom stereocenters.